The van der Waals surface area contributed by atoms with Crippen LogP contribution in [-0.2, 0) is 4.79 Å². The lowest BCUT2D eigenvalue weighted by Crippen LogP contribution is -2.60. The number of benzene rings is 1. The van der Waals surface area contributed by atoms with E-state index in [2.05, 4.69) is 15.0 Å². The van der Waals surface area contributed by atoms with Crippen molar-refractivity contribution in [3.8, 4) is 0 Å². The normalized spacial score (nSPS) is 22.0. The van der Waals surface area contributed by atoms with Gasteiger partial charge in [-0.2, -0.15) is 18.2 Å². The van der Waals surface area contributed by atoms with Gasteiger partial charge < -0.3 is 19.8 Å². The maximum Gasteiger partial charge on any atom is 0.417 e. The highest BCUT2D eigenvalue weighted by Crippen LogP contribution is 2.42. The van der Waals surface area contributed by atoms with Crippen LogP contribution in [0, 0.1) is 11.6 Å². The molecule has 200 valence electrons. The summed E-state index contributed by atoms with van der Waals surface area (Å²) in [6.07, 6.45) is -1.46. The second-order valence-electron chi connectivity index (χ2n) is 9.99. The number of hydrogen-bond acceptors (Lipinski definition) is 7. The summed E-state index contributed by atoms with van der Waals surface area (Å²) in [6.45, 7) is 0.886. The molecule has 4 heterocycles. The summed E-state index contributed by atoms with van der Waals surface area (Å²) in [5.74, 6) is -1.49. The maximum absolute atomic E-state index is 14.0. The first-order valence-electron chi connectivity index (χ1n) is 12.3. The van der Waals surface area contributed by atoms with Gasteiger partial charge >= 0.3 is 6.18 Å². The number of carbonyl (C=O) groups is 1. The minimum absolute atomic E-state index is 0.0477. The first-order chi connectivity index (χ1) is 17.5. The molecule has 3 aliphatic rings. The second-order valence-corrected chi connectivity index (χ2v) is 9.99. The van der Waals surface area contributed by atoms with E-state index in [-0.39, 0.29) is 24.9 Å². The van der Waals surface area contributed by atoms with E-state index in [1.807, 2.05) is 4.90 Å². The quantitative estimate of drug-likeness (QED) is 0.612. The number of amides is 1. The minimum atomic E-state index is -4.69. The van der Waals surface area contributed by atoms with Gasteiger partial charge in [-0.25, -0.2) is 18.7 Å². The Morgan fingerprint density at radius 2 is 1.46 bits per heavy atom. The highest BCUT2D eigenvalue weighted by Gasteiger charge is 2.54. The van der Waals surface area contributed by atoms with Crippen molar-refractivity contribution in [2.45, 2.75) is 62.3 Å². The first kappa shape index (κ1) is 25.6. The van der Waals surface area contributed by atoms with Gasteiger partial charge in [0.25, 0.3) is 0 Å². The fourth-order valence-electron chi connectivity index (χ4n) is 5.64. The number of piperidine rings is 3. The number of carbonyl (C=O) groups excluding carboxylic acids is 1. The van der Waals surface area contributed by atoms with E-state index in [4.69, 9.17) is 0 Å². The molecule has 0 atom stereocenters. The molecular weight excluding hydrogens is 499 g/mol. The number of hydrogen-bond donors (Lipinski definition) is 1. The Kier molecular flexibility index (Phi) is 6.45. The van der Waals surface area contributed by atoms with Crippen molar-refractivity contribution in [1.82, 2.24) is 15.0 Å². The topological polar surface area (TPSA) is 85.7 Å². The van der Waals surface area contributed by atoms with Crippen LogP contribution >= 0.6 is 0 Å². The van der Waals surface area contributed by atoms with Crippen LogP contribution in [-0.4, -0.2) is 69.5 Å². The van der Waals surface area contributed by atoms with E-state index in [0.29, 0.717) is 50.4 Å². The third-order valence-corrected chi connectivity index (χ3v) is 7.84. The zero-order valence-corrected chi connectivity index (χ0v) is 20.0. The molecule has 1 spiro atoms. The van der Waals surface area contributed by atoms with Gasteiger partial charge in [-0.3, -0.25) is 4.79 Å². The number of aromatic nitrogens is 3. The standard InChI is InChI=1S/C24H27F5N6O2/c25-17-4-3-16(14-18(17)26)35-19(36)2-1-5-22(35)6-10-33(11-7-22)20-30-15-31-21(32-20)34-12-8-23(37,9-13-34)24(27,28)29/h3-4,14-15,37H,1-2,5-13H2. The number of nitrogens with zero attached hydrogens (tertiary/aromatic N) is 6. The Bertz CT molecular complexity index is 1160. The number of alkyl halides is 3. The zero-order valence-electron chi connectivity index (χ0n) is 20.0. The van der Waals surface area contributed by atoms with E-state index < -0.39 is 41.8 Å². The van der Waals surface area contributed by atoms with Gasteiger partial charge in [0.1, 0.15) is 6.33 Å². The molecule has 13 heteroatoms. The molecule has 1 amide bonds. The second kappa shape index (κ2) is 9.34. The first-order valence-corrected chi connectivity index (χ1v) is 12.3. The molecule has 1 aromatic carbocycles. The van der Waals surface area contributed by atoms with Gasteiger partial charge in [-0.1, -0.05) is 0 Å². The minimum Gasteiger partial charge on any atom is -0.380 e. The highest BCUT2D eigenvalue weighted by molar-refractivity contribution is 5.95. The smallest absolute Gasteiger partial charge is 0.380 e. The van der Waals surface area contributed by atoms with Crippen molar-refractivity contribution in [2.75, 3.05) is 40.9 Å². The lowest BCUT2D eigenvalue weighted by atomic mass is 9.78. The fraction of sp³-hybridized carbons (Fsp3) is 0.583. The van der Waals surface area contributed by atoms with Crippen LogP contribution in [0.1, 0.15) is 44.9 Å². The molecule has 0 aliphatic carbocycles. The van der Waals surface area contributed by atoms with Crippen LogP contribution in [0.2, 0.25) is 0 Å². The molecule has 3 saturated heterocycles. The average molecular weight is 527 g/mol. The van der Waals surface area contributed by atoms with Gasteiger partial charge in [-0.05, 0) is 37.8 Å². The summed E-state index contributed by atoms with van der Waals surface area (Å²) >= 11 is 0. The van der Waals surface area contributed by atoms with E-state index in [1.54, 1.807) is 9.80 Å². The lowest BCUT2D eigenvalue weighted by molar-refractivity contribution is -0.266. The Morgan fingerprint density at radius 1 is 0.865 bits per heavy atom. The Hall–Kier alpha value is -3.09. The molecule has 3 aliphatic heterocycles. The average Bonchev–Trinajstić information content (AvgIpc) is 2.86. The third kappa shape index (κ3) is 4.69. The third-order valence-electron chi connectivity index (χ3n) is 7.84. The van der Waals surface area contributed by atoms with Crippen molar-refractivity contribution in [3.63, 3.8) is 0 Å². The van der Waals surface area contributed by atoms with Crippen molar-refractivity contribution in [3.05, 3.63) is 36.2 Å². The van der Waals surface area contributed by atoms with Crippen LogP contribution in [0.5, 0.6) is 0 Å². The molecule has 37 heavy (non-hydrogen) atoms. The molecule has 0 radical (unpaired) electrons. The maximum atomic E-state index is 14.0. The number of anilines is 3. The van der Waals surface area contributed by atoms with Crippen molar-refractivity contribution in [1.29, 1.82) is 0 Å². The lowest BCUT2D eigenvalue weighted by Gasteiger charge is -2.51. The van der Waals surface area contributed by atoms with Gasteiger partial charge in [0.15, 0.2) is 17.2 Å². The molecule has 2 aromatic rings. The summed E-state index contributed by atoms with van der Waals surface area (Å²) in [6, 6.07) is 3.51. The Labute approximate surface area is 210 Å². The van der Waals surface area contributed by atoms with Crippen LogP contribution in [0.25, 0.3) is 0 Å². The summed E-state index contributed by atoms with van der Waals surface area (Å²) < 4.78 is 66.9. The van der Waals surface area contributed by atoms with Crippen LogP contribution in [0.4, 0.5) is 39.5 Å². The summed E-state index contributed by atoms with van der Waals surface area (Å²) in [5, 5.41) is 9.92. The molecular formula is C24H27F5N6O2. The van der Waals surface area contributed by atoms with E-state index >= 15 is 0 Å². The molecule has 5 rings (SSSR count). The van der Waals surface area contributed by atoms with Crippen molar-refractivity contribution in [2.24, 2.45) is 0 Å². The largest absolute Gasteiger partial charge is 0.417 e. The van der Waals surface area contributed by atoms with Crippen LogP contribution in [0.15, 0.2) is 24.5 Å². The summed E-state index contributed by atoms with van der Waals surface area (Å²) in [5.41, 5.74) is -2.92. The van der Waals surface area contributed by atoms with Gasteiger partial charge in [-0.15, -0.1) is 0 Å². The van der Waals surface area contributed by atoms with E-state index in [1.165, 1.54) is 12.4 Å². The molecule has 0 saturated carbocycles. The predicted octanol–water partition coefficient (Wildman–Crippen LogP) is 3.60. The molecule has 0 bridgehead atoms. The number of aliphatic hydroxyl groups is 1. The predicted molar refractivity (Wildman–Crippen MR) is 124 cm³/mol. The van der Waals surface area contributed by atoms with Crippen LogP contribution in [0.3, 0.4) is 0 Å². The van der Waals surface area contributed by atoms with Gasteiger partial charge in [0.2, 0.25) is 17.8 Å². The van der Waals surface area contributed by atoms with Gasteiger partial charge in [0.05, 0.1) is 5.54 Å². The van der Waals surface area contributed by atoms with E-state index in [9.17, 15) is 31.9 Å². The monoisotopic (exact) mass is 526 g/mol. The van der Waals surface area contributed by atoms with Crippen molar-refractivity contribution >= 4 is 23.5 Å². The van der Waals surface area contributed by atoms with Crippen molar-refractivity contribution < 1.29 is 31.9 Å². The molecule has 8 nitrogen and oxygen atoms in total. The molecule has 1 aromatic heterocycles. The Balaban J connectivity index is 1.30. The molecule has 1 N–H and O–H groups in total. The van der Waals surface area contributed by atoms with E-state index in [0.717, 1.165) is 18.6 Å². The molecule has 3 fully saturated rings. The fourth-order valence-corrected chi connectivity index (χ4v) is 5.64. The zero-order chi connectivity index (χ0) is 26.4. The number of rotatable bonds is 3. The Morgan fingerprint density at radius 3 is 2.03 bits per heavy atom. The summed E-state index contributed by atoms with van der Waals surface area (Å²) in [7, 11) is 0. The van der Waals surface area contributed by atoms with Crippen LogP contribution < -0.4 is 14.7 Å². The SMILES string of the molecule is O=C1CCCC2(CCN(c3ncnc(N4CCC(O)(C(F)(F)F)CC4)n3)CC2)N1c1ccc(F)c(F)c1. The highest BCUT2D eigenvalue weighted by atomic mass is 19.4. The molecule has 0 unspecified atom stereocenters. The number of halogens is 5. The summed E-state index contributed by atoms with van der Waals surface area (Å²) in [4.78, 5) is 30.9. The van der Waals surface area contributed by atoms with Gasteiger partial charge in [0, 0.05) is 57.2 Å².